The van der Waals surface area contributed by atoms with Gasteiger partial charge in [0.1, 0.15) is 12.4 Å². The first-order valence-electron chi connectivity index (χ1n) is 10.9. The van der Waals surface area contributed by atoms with Gasteiger partial charge in [-0.2, -0.15) is 18.2 Å². The number of hydrogen-bond donors (Lipinski definition) is 1. The number of piperidine rings is 1. The highest BCUT2D eigenvalue weighted by molar-refractivity contribution is 5.77. The van der Waals surface area contributed by atoms with Gasteiger partial charge in [0, 0.05) is 57.9 Å². The summed E-state index contributed by atoms with van der Waals surface area (Å²) in [5, 5.41) is 3.21. The molecule has 172 valence electrons. The van der Waals surface area contributed by atoms with E-state index in [1.807, 2.05) is 11.8 Å². The molecule has 1 atom stereocenters. The number of carbonyl (C=O) groups is 1. The van der Waals surface area contributed by atoms with E-state index in [0.29, 0.717) is 51.4 Å². The second-order valence-electron chi connectivity index (χ2n) is 8.37. The fourth-order valence-electron chi connectivity index (χ4n) is 4.12. The first-order chi connectivity index (χ1) is 14.8. The highest BCUT2D eigenvalue weighted by atomic mass is 19.4. The Morgan fingerprint density at radius 1 is 1.13 bits per heavy atom. The van der Waals surface area contributed by atoms with Gasteiger partial charge in [-0.25, -0.2) is 4.98 Å². The number of halogens is 3. The number of hydrogen-bond acceptors (Lipinski definition) is 7. The summed E-state index contributed by atoms with van der Waals surface area (Å²) < 4.78 is 46.0. The van der Waals surface area contributed by atoms with Crippen LogP contribution in [-0.4, -0.2) is 85.3 Å². The predicted molar refractivity (Wildman–Crippen MR) is 109 cm³/mol. The molecule has 1 aromatic heterocycles. The third kappa shape index (κ3) is 5.20. The molecule has 3 aliphatic heterocycles. The van der Waals surface area contributed by atoms with Crippen LogP contribution in [0.1, 0.15) is 31.9 Å². The van der Waals surface area contributed by atoms with Gasteiger partial charge in [0.25, 0.3) is 0 Å². The maximum absolute atomic E-state index is 13.4. The van der Waals surface area contributed by atoms with Crippen LogP contribution < -0.4 is 15.1 Å². The van der Waals surface area contributed by atoms with Crippen molar-refractivity contribution in [3.05, 3.63) is 11.8 Å². The SMILES string of the molecule is C[C@H]1CCN1c1nc(N2CCC(OCC(=O)N3CCNCC3)CC2)cc(C(F)(F)F)n1. The van der Waals surface area contributed by atoms with E-state index < -0.39 is 11.9 Å². The van der Waals surface area contributed by atoms with Crippen molar-refractivity contribution in [1.82, 2.24) is 20.2 Å². The van der Waals surface area contributed by atoms with Crippen LogP contribution in [0.5, 0.6) is 0 Å². The zero-order valence-corrected chi connectivity index (χ0v) is 17.7. The number of carbonyl (C=O) groups excluding carboxylic acids is 1. The summed E-state index contributed by atoms with van der Waals surface area (Å²) in [5.74, 6) is 0.429. The number of aromatic nitrogens is 2. The van der Waals surface area contributed by atoms with Crippen molar-refractivity contribution in [2.45, 2.75) is 44.5 Å². The molecule has 3 aliphatic rings. The van der Waals surface area contributed by atoms with E-state index >= 15 is 0 Å². The van der Waals surface area contributed by atoms with Gasteiger partial charge in [-0.1, -0.05) is 0 Å². The Hall–Kier alpha value is -2.14. The number of anilines is 2. The minimum atomic E-state index is -4.52. The molecule has 3 fully saturated rings. The maximum Gasteiger partial charge on any atom is 0.433 e. The van der Waals surface area contributed by atoms with Crippen LogP contribution in [0.2, 0.25) is 0 Å². The Labute approximate surface area is 179 Å². The molecular formula is C20H29F3N6O2. The number of piperazine rings is 1. The molecule has 1 aromatic rings. The average molecular weight is 442 g/mol. The van der Waals surface area contributed by atoms with Crippen LogP contribution >= 0.6 is 0 Å². The van der Waals surface area contributed by atoms with E-state index in [1.54, 1.807) is 9.80 Å². The molecule has 8 nitrogen and oxygen atoms in total. The Balaban J connectivity index is 1.35. The van der Waals surface area contributed by atoms with Crippen LogP contribution in [0.25, 0.3) is 0 Å². The quantitative estimate of drug-likeness (QED) is 0.741. The van der Waals surface area contributed by atoms with Gasteiger partial charge in [-0.3, -0.25) is 4.79 Å². The fraction of sp³-hybridized carbons (Fsp3) is 0.750. The molecule has 4 rings (SSSR count). The molecule has 3 saturated heterocycles. The lowest BCUT2D eigenvalue weighted by Crippen LogP contribution is -2.48. The molecule has 0 aliphatic carbocycles. The fourth-order valence-corrected chi connectivity index (χ4v) is 4.12. The maximum atomic E-state index is 13.4. The van der Waals surface area contributed by atoms with Crippen molar-refractivity contribution < 1.29 is 22.7 Å². The van der Waals surface area contributed by atoms with E-state index in [-0.39, 0.29) is 30.6 Å². The molecule has 0 aromatic carbocycles. The third-order valence-electron chi connectivity index (χ3n) is 6.25. The largest absolute Gasteiger partial charge is 0.433 e. The Bertz CT molecular complexity index is 779. The van der Waals surface area contributed by atoms with Crippen LogP contribution in [0.15, 0.2) is 6.07 Å². The number of alkyl halides is 3. The van der Waals surface area contributed by atoms with Crippen molar-refractivity contribution in [2.24, 2.45) is 0 Å². The summed E-state index contributed by atoms with van der Waals surface area (Å²) in [6.07, 6.45) is -2.41. The van der Waals surface area contributed by atoms with Crippen molar-refractivity contribution in [2.75, 3.05) is 62.2 Å². The van der Waals surface area contributed by atoms with Crippen LogP contribution in [0.3, 0.4) is 0 Å². The van der Waals surface area contributed by atoms with Crippen molar-refractivity contribution in [3.8, 4) is 0 Å². The van der Waals surface area contributed by atoms with Gasteiger partial charge in [-0.15, -0.1) is 0 Å². The molecule has 1 amide bonds. The van der Waals surface area contributed by atoms with Crippen molar-refractivity contribution in [1.29, 1.82) is 0 Å². The van der Waals surface area contributed by atoms with Gasteiger partial charge in [0.15, 0.2) is 5.69 Å². The minimum absolute atomic E-state index is 0.0112. The molecule has 0 radical (unpaired) electrons. The first-order valence-corrected chi connectivity index (χ1v) is 10.9. The number of nitrogens with zero attached hydrogens (tertiary/aromatic N) is 5. The molecule has 4 heterocycles. The van der Waals surface area contributed by atoms with E-state index in [0.717, 1.165) is 25.6 Å². The molecular weight excluding hydrogens is 413 g/mol. The van der Waals surface area contributed by atoms with E-state index in [4.69, 9.17) is 4.74 Å². The normalized spacial score (nSPS) is 23.1. The lowest BCUT2D eigenvalue weighted by molar-refractivity contribution is -0.141. The van der Waals surface area contributed by atoms with Crippen LogP contribution in [0.4, 0.5) is 24.9 Å². The number of rotatable bonds is 5. The van der Waals surface area contributed by atoms with Crippen molar-refractivity contribution in [3.63, 3.8) is 0 Å². The Morgan fingerprint density at radius 2 is 1.84 bits per heavy atom. The number of nitrogens with one attached hydrogen (secondary N) is 1. The number of ether oxygens (including phenoxy) is 1. The van der Waals surface area contributed by atoms with Gasteiger partial charge in [0.2, 0.25) is 11.9 Å². The monoisotopic (exact) mass is 442 g/mol. The summed E-state index contributed by atoms with van der Waals surface area (Å²) in [4.78, 5) is 25.9. The molecule has 0 unspecified atom stereocenters. The molecule has 0 spiro atoms. The smallest absolute Gasteiger partial charge is 0.368 e. The molecule has 31 heavy (non-hydrogen) atoms. The zero-order chi connectivity index (χ0) is 22.0. The molecule has 1 N–H and O–H groups in total. The van der Waals surface area contributed by atoms with Crippen molar-refractivity contribution >= 4 is 17.7 Å². The Kier molecular flexibility index (Phi) is 6.52. The van der Waals surface area contributed by atoms with E-state index in [1.165, 1.54) is 0 Å². The average Bonchev–Trinajstić information content (AvgIpc) is 2.76. The summed E-state index contributed by atoms with van der Waals surface area (Å²) in [6, 6.07) is 1.17. The summed E-state index contributed by atoms with van der Waals surface area (Å²) in [7, 11) is 0. The highest BCUT2D eigenvalue weighted by Gasteiger charge is 2.36. The zero-order valence-electron chi connectivity index (χ0n) is 17.7. The van der Waals surface area contributed by atoms with E-state index in [2.05, 4.69) is 15.3 Å². The molecule has 0 bridgehead atoms. The standard InChI is InChI=1S/C20H29F3N6O2/c1-14-2-9-29(14)19-25-16(20(21,22)23)12-17(26-19)27-7-3-15(4-8-27)31-13-18(30)28-10-5-24-6-11-28/h12,14-15,24H,2-11,13H2,1H3/t14-/m0/s1. The number of amides is 1. The van der Waals surface area contributed by atoms with E-state index in [9.17, 15) is 18.0 Å². The Morgan fingerprint density at radius 3 is 2.42 bits per heavy atom. The van der Waals surface area contributed by atoms with Gasteiger partial charge >= 0.3 is 6.18 Å². The van der Waals surface area contributed by atoms with Gasteiger partial charge in [-0.05, 0) is 26.2 Å². The summed E-state index contributed by atoms with van der Waals surface area (Å²) >= 11 is 0. The molecule has 11 heteroatoms. The first kappa shape index (κ1) is 22.1. The third-order valence-corrected chi connectivity index (χ3v) is 6.25. The van der Waals surface area contributed by atoms with Gasteiger partial charge in [0.05, 0.1) is 6.10 Å². The topological polar surface area (TPSA) is 73.8 Å². The second-order valence-corrected chi connectivity index (χ2v) is 8.37. The van der Waals surface area contributed by atoms with Crippen LogP contribution in [-0.2, 0) is 15.7 Å². The highest BCUT2D eigenvalue weighted by Crippen LogP contribution is 2.34. The minimum Gasteiger partial charge on any atom is -0.368 e. The lowest BCUT2D eigenvalue weighted by atomic mass is 10.1. The predicted octanol–water partition coefficient (Wildman–Crippen LogP) is 1.51. The summed E-state index contributed by atoms with van der Waals surface area (Å²) in [5.41, 5.74) is -0.911. The van der Waals surface area contributed by atoms with Gasteiger partial charge < -0.3 is 24.8 Å². The summed E-state index contributed by atoms with van der Waals surface area (Å²) in [6.45, 7) is 6.68. The molecule has 0 saturated carbocycles. The van der Waals surface area contributed by atoms with Crippen LogP contribution in [0, 0.1) is 0 Å². The lowest BCUT2D eigenvalue weighted by Gasteiger charge is -2.39. The second kappa shape index (κ2) is 9.15.